The van der Waals surface area contributed by atoms with Crippen molar-refractivity contribution in [3.8, 4) is 0 Å². The molecule has 0 bridgehead atoms. The van der Waals surface area contributed by atoms with Crippen LogP contribution in [-0.4, -0.2) is 48.9 Å². The van der Waals surface area contributed by atoms with Gasteiger partial charge in [-0.1, -0.05) is 28.1 Å². The molecule has 0 aliphatic carbocycles. The topological polar surface area (TPSA) is 23.6 Å². The molecule has 0 radical (unpaired) electrons. The molecule has 0 saturated carbocycles. The maximum absolute atomic E-state index is 12.1. The monoisotopic (exact) mass is 310 g/mol. The number of nitrogens with zero attached hydrogens (tertiary/aromatic N) is 2. The minimum absolute atomic E-state index is 0.281. The number of halogens is 1. The number of carbonyl (C=O) groups is 1. The summed E-state index contributed by atoms with van der Waals surface area (Å²) in [4.78, 5) is 16.3. The van der Waals surface area contributed by atoms with E-state index in [1.54, 1.807) is 0 Å². The fourth-order valence-electron chi connectivity index (χ4n) is 2.16. The Labute approximate surface area is 117 Å². The smallest absolute Gasteiger partial charge is 0.222 e. The Hall–Kier alpha value is -0.870. The van der Waals surface area contributed by atoms with Gasteiger partial charge in [0.15, 0.2) is 0 Å². The van der Waals surface area contributed by atoms with Crippen molar-refractivity contribution in [2.24, 2.45) is 0 Å². The summed E-state index contributed by atoms with van der Waals surface area (Å²) in [6.07, 6.45) is 1.44. The molecule has 1 amide bonds. The molecule has 1 saturated heterocycles. The van der Waals surface area contributed by atoms with Gasteiger partial charge in [-0.2, -0.15) is 0 Å². The van der Waals surface area contributed by atoms with Crippen LogP contribution in [0.5, 0.6) is 0 Å². The SMILES string of the molecule is CN1CCN(C(=O)CCc2cccc(Br)c2)CC1. The van der Waals surface area contributed by atoms with Gasteiger partial charge in [0.05, 0.1) is 0 Å². The summed E-state index contributed by atoms with van der Waals surface area (Å²) in [5.41, 5.74) is 1.21. The lowest BCUT2D eigenvalue weighted by Crippen LogP contribution is -2.47. The van der Waals surface area contributed by atoms with Crippen molar-refractivity contribution in [2.45, 2.75) is 12.8 Å². The van der Waals surface area contributed by atoms with Crippen molar-refractivity contribution < 1.29 is 4.79 Å². The number of benzene rings is 1. The maximum Gasteiger partial charge on any atom is 0.222 e. The van der Waals surface area contributed by atoms with Crippen LogP contribution in [0.1, 0.15) is 12.0 Å². The molecule has 1 heterocycles. The highest BCUT2D eigenvalue weighted by atomic mass is 79.9. The first-order valence-corrected chi connectivity index (χ1v) is 7.15. The highest BCUT2D eigenvalue weighted by molar-refractivity contribution is 9.10. The van der Waals surface area contributed by atoms with Crippen LogP contribution in [0.2, 0.25) is 0 Å². The van der Waals surface area contributed by atoms with E-state index in [9.17, 15) is 4.79 Å². The van der Waals surface area contributed by atoms with Gasteiger partial charge in [-0.05, 0) is 31.2 Å². The molecule has 98 valence electrons. The second kappa shape index (κ2) is 6.34. The van der Waals surface area contributed by atoms with Crippen LogP contribution < -0.4 is 0 Å². The summed E-state index contributed by atoms with van der Waals surface area (Å²) in [7, 11) is 2.10. The quantitative estimate of drug-likeness (QED) is 0.854. The van der Waals surface area contributed by atoms with Crippen molar-refractivity contribution >= 4 is 21.8 Å². The molecule has 0 N–H and O–H groups in total. The molecule has 1 aromatic carbocycles. The Morgan fingerprint density at radius 3 is 2.67 bits per heavy atom. The van der Waals surface area contributed by atoms with Crippen LogP contribution in [0.25, 0.3) is 0 Å². The normalized spacial score (nSPS) is 16.9. The summed E-state index contributed by atoms with van der Waals surface area (Å²) >= 11 is 3.45. The van der Waals surface area contributed by atoms with Crippen molar-refractivity contribution in [1.82, 2.24) is 9.80 Å². The molecular formula is C14H19BrN2O. The molecule has 0 atom stereocenters. The zero-order valence-electron chi connectivity index (χ0n) is 10.7. The van der Waals surface area contributed by atoms with Gasteiger partial charge in [0.1, 0.15) is 0 Å². The third-order valence-corrected chi connectivity index (χ3v) is 3.87. The van der Waals surface area contributed by atoms with E-state index in [1.165, 1.54) is 5.56 Å². The highest BCUT2D eigenvalue weighted by Gasteiger charge is 2.18. The summed E-state index contributed by atoms with van der Waals surface area (Å²) < 4.78 is 1.08. The van der Waals surface area contributed by atoms with Gasteiger partial charge in [0, 0.05) is 37.1 Å². The van der Waals surface area contributed by atoms with E-state index < -0.39 is 0 Å². The first kappa shape index (κ1) is 13.6. The average Bonchev–Trinajstić information content (AvgIpc) is 2.37. The van der Waals surface area contributed by atoms with Gasteiger partial charge in [-0.3, -0.25) is 4.79 Å². The first-order chi connectivity index (χ1) is 8.65. The predicted octanol–water partition coefficient (Wildman–Crippen LogP) is 2.16. The van der Waals surface area contributed by atoms with Gasteiger partial charge in [0.25, 0.3) is 0 Å². The maximum atomic E-state index is 12.1. The number of hydrogen-bond acceptors (Lipinski definition) is 2. The van der Waals surface area contributed by atoms with E-state index in [0.717, 1.165) is 37.1 Å². The van der Waals surface area contributed by atoms with E-state index in [1.807, 2.05) is 17.0 Å². The lowest BCUT2D eigenvalue weighted by molar-refractivity contribution is -0.132. The van der Waals surface area contributed by atoms with E-state index in [4.69, 9.17) is 0 Å². The highest BCUT2D eigenvalue weighted by Crippen LogP contribution is 2.13. The van der Waals surface area contributed by atoms with Crippen molar-refractivity contribution in [1.29, 1.82) is 0 Å². The van der Waals surface area contributed by atoms with E-state index in [0.29, 0.717) is 6.42 Å². The minimum Gasteiger partial charge on any atom is -0.340 e. The van der Waals surface area contributed by atoms with Gasteiger partial charge >= 0.3 is 0 Å². The molecule has 18 heavy (non-hydrogen) atoms. The zero-order valence-corrected chi connectivity index (χ0v) is 12.3. The average molecular weight is 311 g/mol. The van der Waals surface area contributed by atoms with Crippen LogP contribution in [-0.2, 0) is 11.2 Å². The molecule has 1 aliphatic heterocycles. The summed E-state index contributed by atoms with van der Waals surface area (Å²) in [6.45, 7) is 3.72. The Morgan fingerprint density at radius 1 is 1.28 bits per heavy atom. The molecule has 0 unspecified atom stereocenters. The van der Waals surface area contributed by atoms with Crippen molar-refractivity contribution in [3.63, 3.8) is 0 Å². The van der Waals surface area contributed by atoms with Crippen molar-refractivity contribution in [2.75, 3.05) is 33.2 Å². The lowest BCUT2D eigenvalue weighted by Gasteiger charge is -2.32. The third kappa shape index (κ3) is 3.82. The van der Waals surface area contributed by atoms with Crippen LogP contribution in [0.4, 0.5) is 0 Å². The van der Waals surface area contributed by atoms with E-state index in [-0.39, 0.29) is 5.91 Å². The van der Waals surface area contributed by atoms with Crippen LogP contribution in [0.15, 0.2) is 28.7 Å². The van der Waals surface area contributed by atoms with Gasteiger partial charge < -0.3 is 9.80 Å². The molecule has 1 fully saturated rings. The number of carbonyl (C=O) groups excluding carboxylic acids is 1. The van der Waals surface area contributed by atoms with E-state index >= 15 is 0 Å². The van der Waals surface area contributed by atoms with Crippen molar-refractivity contribution in [3.05, 3.63) is 34.3 Å². The number of rotatable bonds is 3. The predicted molar refractivity (Wildman–Crippen MR) is 76.5 cm³/mol. The third-order valence-electron chi connectivity index (χ3n) is 3.37. The number of piperazine rings is 1. The van der Waals surface area contributed by atoms with Crippen LogP contribution in [0.3, 0.4) is 0 Å². The Morgan fingerprint density at radius 2 is 2.00 bits per heavy atom. The molecule has 1 aliphatic rings. The van der Waals surface area contributed by atoms with Crippen LogP contribution >= 0.6 is 15.9 Å². The van der Waals surface area contributed by atoms with Gasteiger partial charge in [-0.15, -0.1) is 0 Å². The zero-order chi connectivity index (χ0) is 13.0. The number of likely N-dealkylation sites (N-methyl/N-ethyl adjacent to an activating group) is 1. The molecule has 3 nitrogen and oxygen atoms in total. The minimum atomic E-state index is 0.281. The molecule has 0 spiro atoms. The molecule has 4 heteroatoms. The second-order valence-corrected chi connectivity index (χ2v) is 5.73. The fraction of sp³-hybridized carbons (Fsp3) is 0.500. The second-order valence-electron chi connectivity index (χ2n) is 4.81. The summed E-state index contributed by atoms with van der Waals surface area (Å²) in [6, 6.07) is 8.17. The van der Waals surface area contributed by atoms with E-state index in [2.05, 4.69) is 40.0 Å². The lowest BCUT2D eigenvalue weighted by atomic mass is 10.1. The van der Waals surface area contributed by atoms with Gasteiger partial charge in [-0.25, -0.2) is 0 Å². The molecule has 0 aromatic heterocycles. The molecule has 2 rings (SSSR count). The number of hydrogen-bond donors (Lipinski definition) is 0. The standard InChI is InChI=1S/C14H19BrN2O/c1-16-7-9-17(10-8-16)14(18)6-5-12-3-2-4-13(15)11-12/h2-4,11H,5-10H2,1H3. The number of amides is 1. The first-order valence-electron chi connectivity index (χ1n) is 6.36. The largest absolute Gasteiger partial charge is 0.340 e. The Kier molecular flexibility index (Phi) is 4.78. The van der Waals surface area contributed by atoms with Gasteiger partial charge in [0.2, 0.25) is 5.91 Å². The van der Waals surface area contributed by atoms with Crippen LogP contribution in [0, 0.1) is 0 Å². The Bertz CT molecular complexity index is 414. The summed E-state index contributed by atoms with van der Waals surface area (Å²) in [5.74, 6) is 0.281. The Balaban J connectivity index is 1.81. The number of aryl methyl sites for hydroxylation is 1. The molecular weight excluding hydrogens is 292 g/mol. The molecule has 1 aromatic rings. The fourth-order valence-corrected chi connectivity index (χ4v) is 2.60. The summed E-state index contributed by atoms with van der Waals surface area (Å²) in [5, 5.41) is 0.